The fourth-order valence-corrected chi connectivity index (χ4v) is 5.95. The molecule has 0 spiro atoms. The fourth-order valence-electron chi connectivity index (χ4n) is 4.53. The summed E-state index contributed by atoms with van der Waals surface area (Å²) < 4.78 is 34.7. The minimum absolute atomic E-state index is 0.0565. The lowest BCUT2D eigenvalue weighted by Gasteiger charge is -2.33. The van der Waals surface area contributed by atoms with Crippen LogP contribution >= 0.6 is 0 Å². The Morgan fingerprint density at radius 1 is 0.925 bits per heavy atom. The van der Waals surface area contributed by atoms with Gasteiger partial charge in [0.05, 0.1) is 17.7 Å². The van der Waals surface area contributed by atoms with Crippen LogP contribution in [-0.4, -0.2) is 57.9 Å². The van der Waals surface area contributed by atoms with Gasteiger partial charge in [-0.1, -0.05) is 61.0 Å². The average Bonchev–Trinajstić information content (AvgIpc) is 2.94. The van der Waals surface area contributed by atoms with Gasteiger partial charge in [0, 0.05) is 13.1 Å². The summed E-state index contributed by atoms with van der Waals surface area (Å²) in [4.78, 5) is 28.7. The van der Waals surface area contributed by atoms with Crippen molar-refractivity contribution in [3.63, 3.8) is 0 Å². The van der Waals surface area contributed by atoms with E-state index in [1.807, 2.05) is 64.1 Å². The van der Waals surface area contributed by atoms with Crippen molar-refractivity contribution >= 4 is 27.5 Å². The van der Waals surface area contributed by atoms with E-state index < -0.39 is 28.5 Å². The van der Waals surface area contributed by atoms with E-state index in [1.165, 1.54) is 24.1 Å². The van der Waals surface area contributed by atoms with Gasteiger partial charge in [-0.2, -0.15) is 0 Å². The minimum Gasteiger partial charge on any atom is -0.495 e. The second kappa shape index (κ2) is 14.0. The van der Waals surface area contributed by atoms with Crippen LogP contribution in [0, 0.1) is 13.8 Å². The quantitative estimate of drug-likeness (QED) is 0.329. The number of rotatable bonds is 13. The zero-order chi connectivity index (χ0) is 29.3. The zero-order valence-corrected chi connectivity index (χ0v) is 24.7. The molecule has 2 amide bonds. The largest absolute Gasteiger partial charge is 0.495 e. The third-order valence-corrected chi connectivity index (χ3v) is 8.49. The van der Waals surface area contributed by atoms with E-state index in [0.29, 0.717) is 25.1 Å². The van der Waals surface area contributed by atoms with Crippen molar-refractivity contribution in [1.29, 1.82) is 0 Å². The number of carbonyl (C=O) groups is 2. The van der Waals surface area contributed by atoms with E-state index in [-0.39, 0.29) is 23.0 Å². The number of methoxy groups -OCH3 is 1. The van der Waals surface area contributed by atoms with Crippen molar-refractivity contribution in [2.24, 2.45) is 0 Å². The maximum absolute atomic E-state index is 14.1. The van der Waals surface area contributed by atoms with Gasteiger partial charge in [0.15, 0.2) is 0 Å². The van der Waals surface area contributed by atoms with Gasteiger partial charge < -0.3 is 15.0 Å². The number of nitrogens with one attached hydrogen (secondary N) is 1. The van der Waals surface area contributed by atoms with Gasteiger partial charge in [-0.15, -0.1) is 0 Å². The number of hydrogen-bond acceptors (Lipinski definition) is 5. The third kappa shape index (κ3) is 7.41. The summed E-state index contributed by atoms with van der Waals surface area (Å²) in [5.41, 5.74) is 2.98. The molecular formula is C31H39N3O5S. The zero-order valence-electron chi connectivity index (χ0n) is 23.9. The SMILES string of the molecule is CCNC(=O)C(CC)N(CCc1ccccc1)C(=O)CN(c1cc(C)ccc1OC)S(=O)(=O)c1ccc(C)cc1. The number of hydrogen-bond donors (Lipinski definition) is 1. The van der Waals surface area contributed by atoms with E-state index in [1.54, 1.807) is 24.3 Å². The first-order valence-electron chi connectivity index (χ1n) is 13.5. The molecule has 0 fully saturated rings. The average molecular weight is 566 g/mol. The number of likely N-dealkylation sites (N-methyl/N-ethyl adjacent to an activating group) is 1. The normalized spacial score (nSPS) is 11.9. The van der Waals surface area contributed by atoms with Crippen molar-refractivity contribution in [3.8, 4) is 5.75 Å². The summed E-state index contributed by atoms with van der Waals surface area (Å²) in [5.74, 6) is -0.429. The Bertz CT molecular complexity index is 1390. The molecule has 1 N–H and O–H groups in total. The molecule has 3 rings (SSSR count). The number of sulfonamides is 1. The molecule has 3 aromatic carbocycles. The van der Waals surface area contributed by atoms with Crippen molar-refractivity contribution in [2.45, 2.75) is 51.5 Å². The summed E-state index contributed by atoms with van der Waals surface area (Å²) in [5, 5.41) is 2.82. The molecule has 1 atom stereocenters. The molecule has 40 heavy (non-hydrogen) atoms. The second-order valence-electron chi connectivity index (χ2n) is 9.64. The van der Waals surface area contributed by atoms with Crippen LogP contribution in [0.2, 0.25) is 0 Å². The molecule has 8 nitrogen and oxygen atoms in total. The number of aryl methyl sites for hydroxylation is 2. The van der Waals surface area contributed by atoms with Crippen LogP contribution in [0.25, 0.3) is 0 Å². The van der Waals surface area contributed by atoms with Crippen molar-refractivity contribution in [3.05, 3.63) is 89.5 Å². The molecule has 1 unspecified atom stereocenters. The Hall–Kier alpha value is -3.85. The Morgan fingerprint density at radius 2 is 1.57 bits per heavy atom. The van der Waals surface area contributed by atoms with E-state index in [0.717, 1.165) is 21.0 Å². The highest BCUT2D eigenvalue weighted by Gasteiger charge is 2.34. The van der Waals surface area contributed by atoms with Gasteiger partial charge in [-0.05, 0) is 69.0 Å². The first-order chi connectivity index (χ1) is 19.1. The lowest BCUT2D eigenvalue weighted by Crippen LogP contribution is -2.53. The predicted octanol–water partition coefficient (Wildman–Crippen LogP) is 4.49. The number of ether oxygens (including phenoxy) is 1. The third-order valence-electron chi connectivity index (χ3n) is 6.71. The highest BCUT2D eigenvalue weighted by Crippen LogP contribution is 2.33. The molecule has 0 aromatic heterocycles. The molecule has 0 aliphatic heterocycles. The van der Waals surface area contributed by atoms with Gasteiger partial charge in [0.2, 0.25) is 11.8 Å². The number of anilines is 1. The van der Waals surface area contributed by atoms with Crippen LogP contribution in [0.5, 0.6) is 5.75 Å². The van der Waals surface area contributed by atoms with Crippen LogP contribution in [0.3, 0.4) is 0 Å². The first-order valence-corrected chi connectivity index (χ1v) is 14.9. The van der Waals surface area contributed by atoms with Crippen LogP contribution < -0.4 is 14.4 Å². The van der Waals surface area contributed by atoms with Crippen molar-refractivity contribution in [1.82, 2.24) is 10.2 Å². The van der Waals surface area contributed by atoms with E-state index in [2.05, 4.69) is 5.32 Å². The molecule has 9 heteroatoms. The molecule has 0 bridgehead atoms. The Kier molecular flexibility index (Phi) is 10.7. The van der Waals surface area contributed by atoms with Gasteiger partial charge in [-0.25, -0.2) is 8.42 Å². The molecule has 214 valence electrons. The van der Waals surface area contributed by atoms with Crippen LogP contribution in [-0.2, 0) is 26.0 Å². The lowest BCUT2D eigenvalue weighted by molar-refractivity contribution is -0.139. The van der Waals surface area contributed by atoms with Crippen molar-refractivity contribution < 1.29 is 22.7 Å². The number of amides is 2. The summed E-state index contributed by atoms with van der Waals surface area (Å²) in [6.07, 6.45) is 0.895. The molecule has 0 aliphatic rings. The predicted molar refractivity (Wildman–Crippen MR) is 158 cm³/mol. The Balaban J connectivity index is 2.07. The maximum Gasteiger partial charge on any atom is 0.264 e. The number of nitrogens with zero attached hydrogens (tertiary/aromatic N) is 2. The molecule has 0 heterocycles. The smallest absolute Gasteiger partial charge is 0.264 e. The van der Waals surface area contributed by atoms with Crippen LogP contribution in [0.4, 0.5) is 5.69 Å². The molecule has 0 aliphatic carbocycles. The van der Waals surface area contributed by atoms with Crippen LogP contribution in [0.15, 0.2) is 77.7 Å². The molecule has 0 saturated heterocycles. The highest BCUT2D eigenvalue weighted by atomic mass is 32.2. The number of benzene rings is 3. The summed E-state index contributed by atoms with van der Waals surface area (Å²) in [6.45, 7) is 7.55. The second-order valence-corrected chi connectivity index (χ2v) is 11.5. The van der Waals surface area contributed by atoms with Crippen LogP contribution in [0.1, 0.15) is 37.0 Å². The van der Waals surface area contributed by atoms with Gasteiger partial charge in [0.25, 0.3) is 10.0 Å². The van der Waals surface area contributed by atoms with Gasteiger partial charge in [-0.3, -0.25) is 13.9 Å². The molecular weight excluding hydrogens is 526 g/mol. The molecule has 0 saturated carbocycles. The minimum atomic E-state index is -4.17. The van der Waals surface area contributed by atoms with Gasteiger partial charge in [0.1, 0.15) is 18.3 Å². The molecule has 3 aromatic rings. The monoisotopic (exact) mass is 565 g/mol. The van der Waals surface area contributed by atoms with Crippen molar-refractivity contribution in [2.75, 3.05) is 31.0 Å². The lowest BCUT2D eigenvalue weighted by atomic mass is 10.1. The Morgan fingerprint density at radius 3 is 2.17 bits per heavy atom. The van der Waals surface area contributed by atoms with Gasteiger partial charge >= 0.3 is 0 Å². The van der Waals surface area contributed by atoms with E-state index in [9.17, 15) is 18.0 Å². The van der Waals surface area contributed by atoms with E-state index in [4.69, 9.17) is 4.74 Å². The summed E-state index contributed by atoms with van der Waals surface area (Å²) in [7, 11) is -2.71. The summed E-state index contributed by atoms with van der Waals surface area (Å²) in [6, 6.07) is 20.6. The number of carbonyl (C=O) groups excluding carboxylic acids is 2. The highest BCUT2D eigenvalue weighted by molar-refractivity contribution is 7.92. The fraction of sp³-hybridized carbons (Fsp3) is 0.355. The van der Waals surface area contributed by atoms with E-state index >= 15 is 0 Å². The topological polar surface area (TPSA) is 96.0 Å². The molecule has 0 radical (unpaired) electrons. The maximum atomic E-state index is 14.1. The summed E-state index contributed by atoms with van der Waals surface area (Å²) >= 11 is 0. The standard InChI is InChI=1S/C31H39N3O5S/c1-6-27(31(36)32-7-2)33(20-19-25-11-9-8-10-12-25)30(35)22-34(28-21-24(4)15-18-29(28)39-5)40(37,38)26-16-13-23(3)14-17-26/h8-18,21,27H,6-7,19-20,22H2,1-5H3,(H,32,36). The Labute approximate surface area is 238 Å². The first kappa shape index (κ1) is 30.7.